The van der Waals surface area contributed by atoms with Crippen molar-refractivity contribution in [3.63, 3.8) is 0 Å². The van der Waals surface area contributed by atoms with Crippen molar-refractivity contribution in [1.82, 2.24) is 0 Å². The van der Waals surface area contributed by atoms with E-state index in [2.05, 4.69) is 0 Å². The van der Waals surface area contributed by atoms with E-state index in [1.54, 1.807) is 18.2 Å². The Bertz CT molecular complexity index is 271. The molecule has 6 N–H and O–H groups in total. The molecule has 0 fully saturated rings. The van der Waals surface area contributed by atoms with Gasteiger partial charge in [-0.3, -0.25) is 0 Å². The summed E-state index contributed by atoms with van der Waals surface area (Å²) in [5, 5.41) is 10.2. The molecular formula is C7H10Na2O5S. The van der Waals surface area contributed by atoms with E-state index in [0.717, 1.165) is 0 Å². The quantitative estimate of drug-likeness (QED) is 0.362. The maximum absolute atomic E-state index is 10.2. The van der Waals surface area contributed by atoms with Gasteiger partial charge >= 0.3 is 59.1 Å². The van der Waals surface area contributed by atoms with Crippen molar-refractivity contribution in [2.45, 2.75) is 4.90 Å². The number of hydrogen-bond acceptors (Lipinski definition) is 3. The Balaban J connectivity index is -0.0000000667. The topological polar surface area (TPSA) is 135 Å². The Hall–Kier alpha value is 0.790. The van der Waals surface area contributed by atoms with Crippen LogP contribution in [0, 0.1) is 0 Å². The average Bonchev–Trinajstić information content (AvgIpc) is 1.88. The van der Waals surface area contributed by atoms with Crippen LogP contribution in [0.1, 0.15) is 10.4 Å². The van der Waals surface area contributed by atoms with Crippen molar-refractivity contribution in [3.05, 3.63) is 29.8 Å². The molecule has 15 heavy (non-hydrogen) atoms. The Labute approximate surface area is 137 Å². The molecule has 0 amide bonds. The molecule has 0 radical (unpaired) electrons. The molecule has 0 unspecified atom stereocenters. The van der Waals surface area contributed by atoms with Gasteiger partial charge in [0.25, 0.3) is 0 Å². The van der Waals surface area contributed by atoms with Crippen LogP contribution >= 0.6 is 0 Å². The summed E-state index contributed by atoms with van der Waals surface area (Å²) in [5.74, 6) is -1.22. The van der Waals surface area contributed by atoms with Gasteiger partial charge in [0, 0.05) is 0 Å². The fourth-order valence-corrected chi connectivity index (χ4v) is 0.865. The number of benzene rings is 1. The summed E-state index contributed by atoms with van der Waals surface area (Å²) in [5.41, 5.74) is 0.0810. The minimum Gasteiger partial charge on any atom is -0.779 e. The molecule has 0 spiro atoms. The molecule has 8 heteroatoms. The van der Waals surface area contributed by atoms with Gasteiger partial charge in [-0.1, -0.05) is 24.3 Å². The van der Waals surface area contributed by atoms with E-state index in [9.17, 15) is 9.90 Å². The second-order valence-corrected chi connectivity index (χ2v) is 2.22. The first kappa shape index (κ1) is 29.7. The first-order valence-electron chi connectivity index (χ1n) is 2.69. The third-order valence-electron chi connectivity index (χ3n) is 1.11. The van der Waals surface area contributed by atoms with Gasteiger partial charge in [-0.2, -0.15) is 4.90 Å². The van der Waals surface area contributed by atoms with Gasteiger partial charge in [-0.05, 0) is 5.56 Å². The molecule has 0 bridgehead atoms. The smallest absolute Gasteiger partial charge is 0.779 e. The van der Waals surface area contributed by atoms with E-state index in [4.69, 9.17) is 12.6 Å². The molecule has 0 heterocycles. The monoisotopic (exact) mass is 252 g/mol. The van der Waals surface area contributed by atoms with Crippen LogP contribution in [0.5, 0.6) is 0 Å². The number of carbonyl (C=O) groups excluding carboxylic acids is 1. The number of carbonyl (C=O) groups is 1. The van der Waals surface area contributed by atoms with Gasteiger partial charge in [0.15, 0.2) is 0 Å². The first-order valence-corrected chi connectivity index (χ1v) is 3.10. The van der Waals surface area contributed by atoms with Crippen LogP contribution in [0.3, 0.4) is 0 Å². The molecule has 0 aliphatic rings. The molecule has 1 rings (SSSR count). The van der Waals surface area contributed by atoms with E-state index >= 15 is 0 Å². The van der Waals surface area contributed by atoms with E-state index in [-0.39, 0.29) is 81.1 Å². The zero-order valence-electron chi connectivity index (χ0n) is 8.53. The standard InChI is InChI=1S/C7H6O2S.2Na.3H2O/c8-7(9)5-3-1-2-4-6(5)10;;;;;/h1-4,10H,(H,8,9);;;3*1H2/q;2*+1;;;/p-2. The second-order valence-electron chi connectivity index (χ2n) is 1.78. The van der Waals surface area contributed by atoms with E-state index in [0.29, 0.717) is 4.90 Å². The summed E-state index contributed by atoms with van der Waals surface area (Å²) < 4.78 is 0. The Morgan fingerprint density at radius 1 is 1.07 bits per heavy atom. The summed E-state index contributed by atoms with van der Waals surface area (Å²) in [6.45, 7) is 0. The Morgan fingerprint density at radius 2 is 1.47 bits per heavy atom. The van der Waals surface area contributed by atoms with E-state index in [1.807, 2.05) is 0 Å². The van der Waals surface area contributed by atoms with Crippen molar-refractivity contribution >= 4 is 18.6 Å². The van der Waals surface area contributed by atoms with Crippen LogP contribution in [-0.4, -0.2) is 22.4 Å². The first-order chi connectivity index (χ1) is 4.72. The van der Waals surface area contributed by atoms with Gasteiger partial charge in [0.05, 0.1) is 5.97 Å². The number of aromatic carboxylic acids is 1. The summed E-state index contributed by atoms with van der Waals surface area (Å²) in [6.07, 6.45) is 0. The number of rotatable bonds is 1. The maximum Gasteiger partial charge on any atom is 1.00 e. The Kier molecular flexibility index (Phi) is 29.3. The molecule has 0 saturated heterocycles. The molecule has 1 aromatic carbocycles. The van der Waals surface area contributed by atoms with Crippen LogP contribution in [0.25, 0.3) is 0 Å². The van der Waals surface area contributed by atoms with Crippen molar-refractivity contribution < 1.29 is 85.4 Å². The summed E-state index contributed by atoms with van der Waals surface area (Å²) in [7, 11) is 0. The van der Waals surface area contributed by atoms with Gasteiger partial charge < -0.3 is 39.0 Å². The van der Waals surface area contributed by atoms with Gasteiger partial charge in [0.2, 0.25) is 0 Å². The molecule has 5 nitrogen and oxygen atoms in total. The zero-order valence-corrected chi connectivity index (χ0v) is 13.4. The van der Waals surface area contributed by atoms with Crippen molar-refractivity contribution in [3.8, 4) is 0 Å². The molecule has 0 aromatic heterocycles. The molecule has 0 aliphatic heterocycles. The van der Waals surface area contributed by atoms with Crippen molar-refractivity contribution in [2.75, 3.05) is 0 Å². The third kappa shape index (κ3) is 9.70. The van der Waals surface area contributed by atoms with Crippen LogP contribution in [0.4, 0.5) is 0 Å². The van der Waals surface area contributed by atoms with E-state index in [1.165, 1.54) is 6.07 Å². The number of hydrogen-bond donors (Lipinski definition) is 0. The van der Waals surface area contributed by atoms with Crippen LogP contribution in [-0.2, 0) is 12.6 Å². The van der Waals surface area contributed by atoms with Crippen LogP contribution in [0.15, 0.2) is 29.2 Å². The number of carboxylic acids is 1. The summed E-state index contributed by atoms with van der Waals surface area (Å²) >= 11 is 4.71. The zero-order chi connectivity index (χ0) is 7.56. The largest absolute Gasteiger partial charge is 1.00 e. The fraction of sp³-hybridized carbons (Fsp3) is 0. The molecule has 0 aliphatic carbocycles. The second kappa shape index (κ2) is 14.8. The predicted octanol–water partition coefficient (Wildman–Crippen LogP) is -8.51. The fourth-order valence-electron chi connectivity index (χ4n) is 0.635. The molecular weight excluding hydrogens is 242 g/mol. The molecule has 0 atom stereocenters. The predicted molar refractivity (Wildman–Crippen MR) is 47.2 cm³/mol. The van der Waals surface area contributed by atoms with Gasteiger partial charge in [-0.15, -0.1) is 0 Å². The minimum absolute atomic E-state index is 0. The Morgan fingerprint density at radius 3 is 1.73 bits per heavy atom. The maximum atomic E-state index is 10.2. The van der Waals surface area contributed by atoms with E-state index < -0.39 is 5.97 Å². The number of carboxylic acid groups (broad SMARTS) is 1. The normalized spacial score (nSPS) is 6.13. The van der Waals surface area contributed by atoms with Crippen molar-refractivity contribution in [2.24, 2.45) is 0 Å². The van der Waals surface area contributed by atoms with Crippen molar-refractivity contribution in [1.29, 1.82) is 0 Å². The van der Waals surface area contributed by atoms with Crippen LogP contribution in [0.2, 0.25) is 0 Å². The van der Waals surface area contributed by atoms with Gasteiger partial charge in [0.1, 0.15) is 0 Å². The summed E-state index contributed by atoms with van der Waals surface area (Å²) in [6, 6.07) is 6.29. The minimum atomic E-state index is -1.22. The third-order valence-corrected chi connectivity index (χ3v) is 1.46. The molecule has 1 aromatic rings. The molecule has 0 saturated carbocycles. The molecule has 76 valence electrons. The summed E-state index contributed by atoms with van der Waals surface area (Å²) in [4.78, 5) is 10.6. The van der Waals surface area contributed by atoms with Crippen LogP contribution < -0.4 is 64.2 Å². The van der Waals surface area contributed by atoms with Gasteiger partial charge in [-0.25, -0.2) is 0 Å². The average molecular weight is 252 g/mol. The SMILES string of the molecule is O.O.O.O=C([O-])c1ccccc1[S-].[Na+].[Na+].